The van der Waals surface area contributed by atoms with E-state index in [-0.39, 0.29) is 0 Å². The van der Waals surface area contributed by atoms with Crippen molar-refractivity contribution in [1.29, 1.82) is 0 Å². The fourth-order valence-electron chi connectivity index (χ4n) is 2.41. The molecule has 0 spiro atoms. The Balaban J connectivity index is 1.81. The number of hydrogen-bond acceptors (Lipinski definition) is 3. The predicted octanol–water partition coefficient (Wildman–Crippen LogP) is 3.97. The smallest absolute Gasteiger partial charge is 0.230 e. The Labute approximate surface area is 115 Å². The normalized spacial score (nSPS) is 11.2. The summed E-state index contributed by atoms with van der Waals surface area (Å²) in [5, 5.41) is 2.03. The molecule has 0 aliphatic rings. The molecule has 0 aliphatic heterocycles. The lowest BCUT2D eigenvalue weighted by molar-refractivity contribution is 0.649. The highest BCUT2D eigenvalue weighted by molar-refractivity contribution is 6.02. The van der Waals surface area contributed by atoms with Gasteiger partial charge in [0.1, 0.15) is 11.4 Å². The average molecular weight is 260 g/mol. The molecular formula is C17H12N2O. The minimum Gasteiger partial charge on any atom is -0.438 e. The minimum atomic E-state index is 0.659. The number of nitrogens with zero attached hydrogens (tertiary/aromatic N) is 2. The Morgan fingerprint density at radius 2 is 1.65 bits per heavy atom. The minimum absolute atomic E-state index is 0.659. The van der Waals surface area contributed by atoms with Gasteiger partial charge < -0.3 is 4.42 Å². The molecule has 2 aromatic carbocycles. The van der Waals surface area contributed by atoms with Gasteiger partial charge in [-0.1, -0.05) is 48.5 Å². The van der Waals surface area contributed by atoms with E-state index >= 15 is 0 Å². The Hall–Kier alpha value is -2.68. The van der Waals surface area contributed by atoms with Crippen LogP contribution in [0.3, 0.4) is 0 Å². The van der Waals surface area contributed by atoms with Crippen LogP contribution in [0.15, 0.2) is 65.2 Å². The summed E-state index contributed by atoms with van der Waals surface area (Å²) >= 11 is 0. The first-order chi connectivity index (χ1) is 9.90. The van der Waals surface area contributed by atoms with Crippen LogP contribution in [0.1, 0.15) is 11.4 Å². The van der Waals surface area contributed by atoms with Crippen molar-refractivity contribution in [3.05, 3.63) is 72.2 Å². The van der Waals surface area contributed by atoms with Crippen LogP contribution in [0.4, 0.5) is 0 Å². The van der Waals surface area contributed by atoms with Crippen LogP contribution >= 0.6 is 0 Å². The van der Waals surface area contributed by atoms with Crippen LogP contribution in [0.25, 0.3) is 22.1 Å². The third kappa shape index (κ3) is 1.84. The summed E-state index contributed by atoms with van der Waals surface area (Å²) < 4.78 is 5.78. The van der Waals surface area contributed by atoms with Gasteiger partial charge >= 0.3 is 0 Å². The molecule has 2 heterocycles. The Bertz CT molecular complexity index is 881. The second kappa shape index (κ2) is 4.46. The number of fused-ring (bicyclic) bond motifs is 3. The molecule has 0 atom stereocenters. The van der Waals surface area contributed by atoms with E-state index in [4.69, 9.17) is 4.42 Å². The molecule has 0 radical (unpaired) electrons. The summed E-state index contributed by atoms with van der Waals surface area (Å²) in [5.41, 5.74) is 2.71. The highest BCUT2D eigenvalue weighted by Gasteiger charge is 2.09. The molecule has 0 fully saturated rings. The molecule has 20 heavy (non-hydrogen) atoms. The van der Waals surface area contributed by atoms with Crippen LogP contribution < -0.4 is 0 Å². The van der Waals surface area contributed by atoms with Crippen LogP contribution in [-0.2, 0) is 6.42 Å². The molecule has 0 amide bonds. The third-order valence-electron chi connectivity index (χ3n) is 3.39. The van der Waals surface area contributed by atoms with Gasteiger partial charge in [-0.2, -0.15) is 4.98 Å². The van der Waals surface area contributed by atoms with Crippen molar-refractivity contribution in [2.45, 2.75) is 6.42 Å². The van der Waals surface area contributed by atoms with Gasteiger partial charge in [-0.05, 0) is 11.6 Å². The van der Waals surface area contributed by atoms with Gasteiger partial charge in [0.25, 0.3) is 0 Å². The summed E-state index contributed by atoms with van der Waals surface area (Å²) in [5.74, 6) is 0.780. The molecule has 0 saturated carbocycles. The van der Waals surface area contributed by atoms with Gasteiger partial charge in [-0.3, -0.25) is 0 Å². The maximum Gasteiger partial charge on any atom is 0.230 e. The number of rotatable bonds is 2. The molecule has 96 valence electrons. The Morgan fingerprint density at radius 3 is 2.55 bits per heavy atom. The summed E-state index contributed by atoms with van der Waals surface area (Å²) in [6.07, 6.45) is 2.57. The van der Waals surface area contributed by atoms with E-state index in [9.17, 15) is 0 Å². The Kier molecular flexibility index (Phi) is 2.49. The molecule has 0 unspecified atom stereocenters. The number of para-hydroxylation sites is 1. The number of furan rings is 1. The van der Waals surface area contributed by atoms with E-state index in [1.54, 1.807) is 0 Å². The maximum absolute atomic E-state index is 5.78. The SMILES string of the molecule is c1ccc(Cc2ncc3c(n2)oc2ccccc23)cc1. The van der Waals surface area contributed by atoms with Gasteiger partial charge in [0.2, 0.25) is 5.71 Å². The molecule has 2 aromatic heterocycles. The molecule has 0 N–H and O–H groups in total. The molecule has 0 saturated heterocycles. The molecule has 4 aromatic rings. The number of hydrogen-bond donors (Lipinski definition) is 0. The highest BCUT2D eigenvalue weighted by Crippen LogP contribution is 2.26. The summed E-state index contributed by atoms with van der Waals surface area (Å²) in [4.78, 5) is 8.98. The topological polar surface area (TPSA) is 38.9 Å². The van der Waals surface area contributed by atoms with Crippen molar-refractivity contribution in [3.8, 4) is 0 Å². The summed E-state index contributed by atoms with van der Waals surface area (Å²) in [6.45, 7) is 0. The molecule has 3 nitrogen and oxygen atoms in total. The molecule has 0 aliphatic carbocycles. The zero-order valence-electron chi connectivity index (χ0n) is 10.8. The van der Waals surface area contributed by atoms with E-state index in [1.807, 2.05) is 48.7 Å². The fraction of sp³-hybridized carbons (Fsp3) is 0.0588. The van der Waals surface area contributed by atoms with Crippen LogP contribution in [0.2, 0.25) is 0 Å². The zero-order valence-corrected chi connectivity index (χ0v) is 10.8. The standard InChI is InChI=1S/C17H12N2O/c1-2-6-12(7-3-1)10-16-18-11-14-13-8-4-5-9-15(13)20-17(14)19-16/h1-9,11H,10H2. The fourth-order valence-corrected chi connectivity index (χ4v) is 2.41. The van der Waals surface area contributed by atoms with Crippen molar-refractivity contribution in [2.24, 2.45) is 0 Å². The van der Waals surface area contributed by atoms with Crippen molar-refractivity contribution in [1.82, 2.24) is 9.97 Å². The highest BCUT2D eigenvalue weighted by atomic mass is 16.3. The molecule has 3 heteroatoms. The molecule has 4 rings (SSSR count). The first-order valence-electron chi connectivity index (χ1n) is 6.57. The molecule has 0 bridgehead atoms. The van der Waals surface area contributed by atoms with Gasteiger partial charge in [0.15, 0.2) is 0 Å². The first-order valence-corrected chi connectivity index (χ1v) is 6.57. The van der Waals surface area contributed by atoms with Gasteiger partial charge in [-0.15, -0.1) is 0 Å². The third-order valence-corrected chi connectivity index (χ3v) is 3.39. The van der Waals surface area contributed by atoms with Gasteiger partial charge in [0.05, 0.1) is 5.39 Å². The van der Waals surface area contributed by atoms with E-state index in [0.29, 0.717) is 12.1 Å². The quantitative estimate of drug-likeness (QED) is 0.547. The second-order valence-corrected chi connectivity index (χ2v) is 4.77. The summed E-state index contributed by atoms with van der Waals surface area (Å²) in [7, 11) is 0. The lowest BCUT2D eigenvalue weighted by atomic mass is 10.1. The van der Waals surface area contributed by atoms with E-state index < -0.39 is 0 Å². The van der Waals surface area contributed by atoms with Gasteiger partial charge in [0, 0.05) is 18.0 Å². The second-order valence-electron chi connectivity index (χ2n) is 4.77. The van der Waals surface area contributed by atoms with Crippen molar-refractivity contribution in [2.75, 3.05) is 0 Å². The first kappa shape index (κ1) is 11.2. The Morgan fingerprint density at radius 1 is 0.850 bits per heavy atom. The monoisotopic (exact) mass is 260 g/mol. The van der Waals surface area contributed by atoms with Crippen molar-refractivity contribution < 1.29 is 4.42 Å². The summed E-state index contributed by atoms with van der Waals surface area (Å²) in [6, 6.07) is 18.1. The van der Waals surface area contributed by atoms with Crippen LogP contribution in [0.5, 0.6) is 0 Å². The van der Waals surface area contributed by atoms with E-state index in [0.717, 1.165) is 22.2 Å². The zero-order chi connectivity index (χ0) is 13.4. The number of benzene rings is 2. The van der Waals surface area contributed by atoms with Crippen molar-refractivity contribution in [3.63, 3.8) is 0 Å². The lowest BCUT2D eigenvalue weighted by Gasteiger charge is -1.99. The lowest BCUT2D eigenvalue weighted by Crippen LogP contribution is -1.95. The van der Waals surface area contributed by atoms with Crippen molar-refractivity contribution >= 4 is 22.1 Å². The average Bonchev–Trinajstić information content (AvgIpc) is 2.86. The van der Waals surface area contributed by atoms with E-state index in [2.05, 4.69) is 22.1 Å². The predicted molar refractivity (Wildman–Crippen MR) is 78.6 cm³/mol. The van der Waals surface area contributed by atoms with Crippen LogP contribution in [-0.4, -0.2) is 9.97 Å². The largest absolute Gasteiger partial charge is 0.438 e. The van der Waals surface area contributed by atoms with Gasteiger partial charge in [-0.25, -0.2) is 4.98 Å². The number of aromatic nitrogens is 2. The van der Waals surface area contributed by atoms with E-state index in [1.165, 1.54) is 5.56 Å². The maximum atomic E-state index is 5.78. The molecular weight excluding hydrogens is 248 g/mol. The van der Waals surface area contributed by atoms with Crippen LogP contribution in [0, 0.1) is 0 Å².